The zero-order valence-electron chi connectivity index (χ0n) is 11.9. The minimum atomic E-state index is 0.670. The summed E-state index contributed by atoms with van der Waals surface area (Å²) in [6.07, 6.45) is 1.32. The molecule has 2 heteroatoms. The van der Waals surface area contributed by atoms with Crippen LogP contribution in [-0.2, 0) is 6.54 Å². The van der Waals surface area contributed by atoms with Crippen molar-refractivity contribution in [1.29, 1.82) is 0 Å². The van der Waals surface area contributed by atoms with Gasteiger partial charge in [0, 0.05) is 25.7 Å². The Kier molecular flexibility index (Phi) is 4.79. The highest BCUT2D eigenvalue weighted by molar-refractivity contribution is 5.22. The van der Waals surface area contributed by atoms with E-state index in [2.05, 4.69) is 55.3 Å². The Balaban J connectivity index is 1.95. The zero-order chi connectivity index (χ0) is 13.0. The van der Waals surface area contributed by atoms with Crippen LogP contribution in [0.15, 0.2) is 24.3 Å². The minimum absolute atomic E-state index is 0.670. The lowest BCUT2D eigenvalue weighted by Gasteiger charge is -2.37. The first-order valence-electron chi connectivity index (χ1n) is 7.18. The number of benzene rings is 1. The number of aryl methyl sites for hydroxylation is 1. The van der Waals surface area contributed by atoms with Crippen LogP contribution in [0.5, 0.6) is 0 Å². The quantitative estimate of drug-likeness (QED) is 0.879. The maximum absolute atomic E-state index is 3.60. The molecule has 1 heterocycles. The standard InChI is InChI=1S/C16H26N2/c1-4-17-16-9-14(3)10-18(12-16)11-15-7-5-6-13(2)8-15/h5-8,14,16-17H,4,9-12H2,1-3H3. The summed E-state index contributed by atoms with van der Waals surface area (Å²) >= 11 is 0. The molecule has 0 amide bonds. The molecular formula is C16H26N2. The Labute approximate surface area is 111 Å². The van der Waals surface area contributed by atoms with E-state index in [9.17, 15) is 0 Å². The molecule has 0 aliphatic carbocycles. The van der Waals surface area contributed by atoms with Crippen molar-refractivity contribution in [3.8, 4) is 0 Å². The summed E-state index contributed by atoms with van der Waals surface area (Å²) in [4.78, 5) is 2.59. The van der Waals surface area contributed by atoms with Gasteiger partial charge in [0.1, 0.15) is 0 Å². The third-order valence-corrected chi connectivity index (χ3v) is 3.72. The maximum Gasteiger partial charge on any atom is 0.0234 e. The van der Waals surface area contributed by atoms with Gasteiger partial charge in [0.05, 0.1) is 0 Å². The van der Waals surface area contributed by atoms with Crippen LogP contribution in [0.1, 0.15) is 31.4 Å². The van der Waals surface area contributed by atoms with Crippen molar-refractivity contribution in [1.82, 2.24) is 10.2 Å². The average molecular weight is 246 g/mol. The second-order valence-electron chi connectivity index (χ2n) is 5.78. The van der Waals surface area contributed by atoms with Gasteiger partial charge in [-0.3, -0.25) is 4.90 Å². The van der Waals surface area contributed by atoms with Gasteiger partial charge in [0.2, 0.25) is 0 Å². The lowest BCUT2D eigenvalue weighted by molar-refractivity contribution is 0.143. The van der Waals surface area contributed by atoms with Crippen molar-refractivity contribution in [2.24, 2.45) is 5.92 Å². The Morgan fingerprint density at radius 1 is 1.33 bits per heavy atom. The van der Waals surface area contributed by atoms with Crippen LogP contribution in [0.2, 0.25) is 0 Å². The monoisotopic (exact) mass is 246 g/mol. The molecule has 100 valence electrons. The Hall–Kier alpha value is -0.860. The van der Waals surface area contributed by atoms with E-state index in [1.165, 1.54) is 30.6 Å². The van der Waals surface area contributed by atoms with E-state index in [0.717, 1.165) is 19.0 Å². The molecule has 18 heavy (non-hydrogen) atoms. The highest BCUT2D eigenvalue weighted by Gasteiger charge is 2.23. The first kappa shape index (κ1) is 13.6. The van der Waals surface area contributed by atoms with Crippen LogP contribution < -0.4 is 5.32 Å². The Morgan fingerprint density at radius 3 is 2.89 bits per heavy atom. The van der Waals surface area contributed by atoms with Gasteiger partial charge < -0.3 is 5.32 Å². The van der Waals surface area contributed by atoms with Crippen molar-refractivity contribution in [2.45, 2.75) is 39.8 Å². The van der Waals surface area contributed by atoms with E-state index in [0.29, 0.717) is 6.04 Å². The molecule has 2 atom stereocenters. The van der Waals surface area contributed by atoms with Gasteiger partial charge in [-0.1, -0.05) is 43.7 Å². The van der Waals surface area contributed by atoms with E-state index < -0.39 is 0 Å². The average Bonchev–Trinajstić information content (AvgIpc) is 2.28. The van der Waals surface area contributed by atoms with Crippen molar-refractivity contribution in [3.63, 3.8) is 0 Å². The fraction of sp³-hybridized carbons (Fsp3) is 0.625. The molecule has 2 rings (SSSR count). The summed E-state index contributed by atoms with van der Waals surface area (Å²) in [6.45, 7) is 11.3. The van der Waals surface area contributed by atoms with Crippen LogP contribution in [0, 0.1) is 12.8 Å². The summed E-state index contributed by atoms with van der Waals surface area (Å²) in [5.41, 5.74) is 2.81. The number of piperidine rings is 1. The number of likely N-dealkylation sites (N-methyl/N-ethyl adjacent to an activating group) is 1. The molecule has 0 radical (unpaired) electrons. The van der Waals surface area contributed by atoms with Crippen LogP contribution in [0.3, 0.4) is 0 Å². The molecule has 1 fully saturated rings. The second kappa shape index (κ2) is 6.35. The van der Waals surface area contributed by atoms with Crippen LogP contribution in [0.25, 0.3) is 0 Å². The van der Waals surface area contributed by atoms with Gasteiger partial charge in [-0.15, -0.1) is 0 Å². The summed E-state index contributed by atoms with van der Waals surface area (Å²) in [7, 11) is 0. The van der Waals surface area contributed by atoms with Crippen molar-refractivity contribution >= 4 is 0 Å². The van der Waals surface area contributed by atoms with Gasteiger partial charge in [-0.2, -0.15) is 0 Å². The predicted octanol–water partition coefficient (Wildman–Crippen LogP) is 2.81. The van der Waals surface area contributed by atoms with E-state index in [4.69, 9.17) is 0 Å². The number of nitrogens with one attached hydrogen (secondary N) is 1. The molecule has 2 unspecified atom stereocenters. The van der Waals surface area contributed by atoms with Gasteiger partial charge in [0.25, 0.3) is 0 Å². The fourth-order valence-electron chi connectivity index (χ4n) is 3.10. The molecule has 0 saturated carbocycles. The fourth-order valence-corrected chi connectivity index (χ4v) is 3.10. The zero-order valence-corrected chi connectivity index (χ0v) is 11.9. The van der Waals surface area contributed by atoms with Gasteiger partial charge >= 0.3 is 0 Å². The third-order valence-electron chi connectivity index (χ3n) is 3.72. The van der Waals surface area contributed by atoms with Crippen molar-refractivity contribution < 1.29 is 0 Å². The van der Waals surface area contributed by atoms with Crippen LogP contribution in [-0.4, -0.2) is 30.6 Å². The number of hydrogen-bond donors (Lipinski definition) is 1. The third kappa shape index (κ3) is 3.82. The molecule has 1 aromatic rings. The number of rotatable bonds is 4. The molecule has 0 bridgehead atoms. The Bertz CT molecular complexity index is 375. The summed E-state index contributed by atoms with van der Waals surface area (Å²) in [5.74, 6) is 0.799. The predicted molar refractivity (Wildman–Crippen MR) is 77.7 cm³/mol. The largest absolute Gasteiger partial charge is 0.313 e. The van der Waals surface area contributed by atoms with E-state index in [1.54, 1.807) is 0 Å². The first-order chi connectivity index (χ1) is 8.67. The van der Waals surface area contributed by atoms with Gasteiger partial charge in [-0.25, -0.2) is 0 Å². The summed E-state index contributed by atoms with van der Waals surface area (Å²) in [6, 6.07) is 9.56. The van der Waals surface area contributed by atoms with Crippen LogP contribution >= 0.6 is 0 Å². The van der Waals surface area contributed by atoms with E-state index >= 15 is 0 Å². The summed E-state index contributed by atoms with van der Waals surface area (Å²) in [5, 5.41) is 3.60. The molecule has 0 spiro atoms. The molecule has 1 saturated heterocycles. The van der Waals surface area contributed by atoms with Crippen LogP contribution in [0.4, 0.5) is 0 Å². The lowest BCUT2D eigenvalue weighted by atomic mass is 9.95. The number of hydrogen-bond acceptors (Lipinski definition) is 2. The normalized spacial score (nSPS) is 25.3. The minimum Gasteiger partial charge on any atom is -0.313 e. The first-order valence-corrected chi connectivity index (χ1v) is 7.18. The molecule has 1 aliphatic rings. The number of likely N-dealkylation sites (tertiary alicyclic amines) is 1. The number of nitrogens with zero attached hydrogens (tertiary/aromatic N) is 1. The van der Waals surface area contributed by atoms with Gasteiger partial charge in [-0.05, 0) is 31.4 Å². The molecule has 2 nitrogen and oxygen atoms in total. The van der Waals surface area contributed by atoms with Gasteiger partial charge in [0.15, 0.2) is 0 Å². The highest BCUT2D eigenvalue weighted by atomic mass is 15.2. The smallest absolute Gasteiger partial charge is 0.0234 e. The topological polar surface area (TPSA) is 15.3 Å². The van der Waals surface area contributed by atoms with E-state index in [1.807, 2.05) is 0 Å². The highest BCUT2D eigenvalue weighted by Crippen LogP contribution is 2.18. The summed E-state index contributed by atoms with van der Waals surface area (Å²) < 4.78 is 0. The lowest BCUT2D eigenvalue weighted by Crippen LogP contribution is -2.48. The maximum atomic E-state index is 3.60. The Morgan fingerprint density at radius 2 is 2.17 bits per heavy atom. The van der Waals surface area contributed by atoms with E-state index in [-0.39, 0.29) is 0 Å². The molecule has 0 aromatic heterocycles. The molecule has 1 N–H and O–H groups in total. The van der Waals surface area contributed by atoms with Crippen molar-refractivity contribution in [3.05, 3.63) is 35.4 Å². The van der Waals surface area contributed by atoms with Crippen molar-refractivity contribution in [2.75, 3.05) is 19.6 Å². The second-order valence-corrected chi connectivity index (χ2v) is 5.78. The molecular weight excluding hydrogens is 220 g/mol. The SMILES string of the molecule is CCNC1CC(C)CN(Cc2cccc(C)c2)C1. The molecule has 1 aromatic carbocycles. The molecule has 1 aliphatic heterocycles.